The zero-order valence-corrected chi connectivity index (χ0v) is 18.5. The number of carbonyl (C=O) groups excluding carboxylic acids is 2. The third kappa shape index (κ3) is 5.29. The molecule has 2 aromatic carbocycles. The second kappa shape index (κ2) is 10.6. The highest BCUT2D eigenvalue weighted by Crippen LogP contribution is 2.30. The normalized spacial score (nSPS) is 20.4. The smallest absolute Gasteiger partial charge is 0.246 e. The first kappa shape index (κ1) is 22.3. The second-order valence-corrected chi connectivity index (χ2v) is 8.31. The molecule has 2 aliphatic rings. The number of hydrogen-bond donors (Lipinski definition) is 1. The van der Waals surface area contributed by atoms with Crippen LogP contribution in [0.15, 0.2) is 54.6 Å². The molecule has 7 nitrogen and oxygen atoms in total. The van der Waals surface area contributed by atoms with Crippen LogP contribution in [0.2, 0.25) is 0 Å². The van der Waals surface area contributed by atoms with Crippen LogP contribution in [0.25, 0.3) is 0 Å². The Balaban J connectivity index is 1.53. The number of amides is 2. The molecule has 2 aromatic rings. The highest BCUT2D eigenvalue weighted by molar-refractivity contribution is 5.95. The molecule has 2 aliphatic heterocycles. The van der Waals surface area contributed by atoms with Gasteiger partial charge in [0.1, 0.15) is 11.8 Å². The van der Waals surface area contributed by atoms with E-state index < -0.39 is 6.04 Å². The minimum absolute atomic E-state index is 0.0994. The van der Waals surface area contributed by atoms with Gasteiger partial charge in [-0.05, 0) is 37.1 Å². The summed E-state index contributed by atoms with van der Waals surface area (Å²) in [6, 6.07) is 16.7. The van der Waals surface area contributed by atoms with Crippen LogP contribution in [0.5, 0.6) is 5.75 Å². The van der Waals surface area contributed by atoms with Crippen molar-refractivity contribution in [2.45, 2.75) is 18.9 Å². The molecule has 2 saturated heterocycles. The number of nitrogens with zero attached hydrogens (tertiary/aromatic N) is 2. The molecule has 4 rings (SSSR count). The first-order chi connectivity index (χ1) is 15.7. The standard InChI is InChI=1S/C25H31N3O4/c1-31-22-11-5-10-21(17-22)26-24(29)23(19-7-3-2-4-8-19)28-12-6-9-20(18-28)25(30)27-13-15-32-16-14-27/h2-5,7-8,10-11,17,20,23H,6,9,12-16,18H2,1H3,(H,26,29)/t20-,23-/m0/s1. The number of nitrogens with one attached hydrogen (secondary N) is 1. The van der Waals surface area contributed by atoms with Gasteiger partial charge in [-0.25, -0.2) is 0 Å². The number of benzene rings is 2. The zero-order chi connectivity index (χ0) is 22.3. The predicted octanol–water partition coefficient (Wildman–Crippen LogP) is 2.95. The van der Waals surface area contributed by atoms with Crippen LogP contribution >= 0.6 is 0 Å². The van der Waals surface area contributed by atoms with Crippen LogP contribution in [-0.4, -0.2) is 68.1 Å². The van der Waals surface area contributed by atoms with Crippen LogP contribution in [-0.2, 0) is 14.3 Å². The Kier molecular flexibility index (Phi) is 7.39. The summed E-state index contributed by atoms with van der Waals surface area (Å²) in [6.07, 6.45) is 1.74. The van der Waals surface area contributed by atoms with E-state index in [1.165, 1.54) is 0 Å². The molecule has 0 unspecified atom stereocenters. The van der Waals surface area contributed by atoms with E-state index in [-0.39, 0.29) is 17.7 Å². The first-order valence-electron chi connectivity index (χ1n) is 11.3. The van der Waals surface area contributed by atoms with Crippen LogP contribution in [0.1, 0.15) is 24.4 Å². The SMILES string of the molecule is COc1cccc(NC(=O)[C@H](c2ccccc2)N2CCC[C@H](C(=O)N3CCOCC3)C2)c1. The van der Waals surface area contributed by atoms with Gasteiger partial charge in [-0.1, -0.05) is 36.4 Å². The fraction of sp³-hybridized carbons (Fsp3) is 0.440. The topological polar surface area (TPSA) is 71.1 Å². The maximum atomic E-state index is 13.5. The highest BCUT2D eigenvalue weighted by atomic mass is 16.5. The molecule has 0 aliphatic carbocycles. The fourth-order valence-corrected chi connectivity index (χ4v) is 4.56. The van der Waals surface area contributed by atoms with E-state index in [1.54, 1.807) is 13.2 Å². The van der Waals surface area contributed by atoms with Gasteiger partial charge in [0.25, 0.3) is 0 Å². The van der Waals surface area contributed by atoms with E-state index in [9.17, 15) is 9.59 Å². The third-order valence-corrected chi connectivity index (χ3v) is 6.19. The summed E-state index contributed by atoms with van der Waals surface area (Å²) < 4.78 is 10.7. The van der Waals surface area contributed by atoms with E-state index >= 15 is 0 Å². The Morgan fingerprint density at radius 3 is 2.59 bits per heavy atom. The largest absolute Gasteiger partial charge is 0.497 e. The number of rotatable bonds is 6. The molecule has 7 heteroatoms. The highest BCUT2D eigenvalue weighted by Gasteiger charge is 2.36. The summed E-state index contributed by atoms with van der Waals surface area (Å²) in [5.41, 5.74) is 1.61. The lowest BCUT2D eigenvalue weighted by Crippen LogP contribution is -2.50. The summed E-state index contributed by atoms with van der Waals surface area (Å²) in [6.45, 7) is 3.83. The number of methoxy groups -OCH3 is 1. The summed E-state index contributed by atoms with van der Waals surface area (Å²) in [7, 11) is 1.60. The van der Waals surface area contributed by atoms with Gasteiger partial charge in [-0.3, -0.25) is 14.5 Å². The molecular formula is C25H31N3O4. The van der Waals surface area contributed by atoms with Crippen molar-refractivity contribution in [3.8, 4) is 5.75 Å². The van der Waals surface area contributed by atoms with Crippen LogP contribution < -0.4 is 10.1 Å². The lowest BCUT2D eigenvalue weighted by molar-refractivity contribution is -0.142. The minimum Gasteiger partial charge on any atom is -0.497 e. The maximum Gasteiger partial charge on any atom is 0.246 e. The van der Waals surface area contributed by atoms with E-state index in [2.05, 4.69) is 10.2 Å². The van der Waals surface area contributed by atoms with E-state index in [0.717, 1.165) is 24.9 Å². The van der Waals surface area contributed by atoms with Crippen molar-refractivity contribution in [2.24, 2.45) is 5.92 Å². The molecule has 2 heterocycles. The van der Waals surface area contributed by atoms with Gasteiger partial charge in [-0.2, -0.15) is 0 Å². The molecule has 2 fully saturated rings. The van der Waals surface area contributed by atoms with Crippen LogP contribution in [0.4, 0.5) is 5.69 Å². The minimum atomic E-state index is -0.470. The van der Waals surface area contributed by atoms with Gasteiger partial charge >= 0.3 is 0 Å². The second-order valence-electron chi connectivity index (χ2n) is 8.31. The Bertz CT molecular complexity index is 914. The average Bonchev–Trinajstić information content (AvgIpc) is 2.85. The molecule has 0 spiro atoms. The predicted molar refractivity (Wildman–Crippen MR) is 123 cm³/mol. The molecule has 170 valence electrons. The molecule has 2 atom stereocenters. The van der Waals surface area contributed by atoms with Crippen molar-refractivity contribution in [3.63, 3.8) is 0 Å². The van der Waals surface area contributed by atoms with E-state index in [4.69, 9.17) is 9.47 Å². The van der Waals surface area contributed by atoms with Crippen molar-refractivity contribution in [3.05, 3.63) is 60.2 Å². The van der Waals surface area contributed by atoms with Gasteiger partial charge in [0.15, 0.2) is 0 Å². The van der Waals surface area contributed by atoms with Gasteiger partial charge in [0, 0.05) is 31.4 Å². The number of morpholine rings is 1. The maximum absolute atomic E-state index is 13.5. The van der Waals surface area contributed by atoms with Crippen molar-refractivity contribution >= 4 is 17.5 Å². The lowest BCUT2D eigenvalue weighted by atomic mass is 9.93. The molecule has 0 aromatic heterocycles. The summed E-state index contributed by atoms with van der Waals surface area (Å²) >= 11 is 0. The van der Waals surface area contributed by atoms with Crippen molar-refractivity contribution in [2.75, 3.05) is 51.8 Å². The number of anilines is 1. The first-order valence-corrected chi connectivity index (χ1v) is 11.3. The average molecular weight is 438 g/mol. The molecule has 0 saturated carbocycles. The Labute approximate surface area is 189 Å². The number of hydrogen-bond acceptors (Lipinski definition) is 5. The fourth-order valence-electron chi connectivity index (χ4n) is 4.56. The quantitative estimate of drug-likeness (QED) is 0.753. The van der Waals surface area contributed by atoms with Crippen LogP contribution in [0.3, 0.4) is 0 Å². The van der Waals surface area contributed by atoms with Crippen molar-refractivity contribution < 1.29 is 19.1 Å². The van der Waals surface area contributed by atoms with Crippen molar-refractivity contribution in [1.82, 2.24) is 9.80 Å². The molecule has 1 N–H and O–H groups in total. The number of piperidine rings is 1. The monoisotopic (exact) mass is 437 g/mol. The Morgan fingerprint density at radius 2 is 1.84 bits per heavy atom. The lowest BCUT2D eigenvalue weighted by Gasteiger charge is -2.39. The summed E-state index contributed by atoms with van der Waals surface area (Å²) in [5, 5.41) is 3.05. The molecule has 0 radical (unpaired) electrons. The molecule has 0 bridgehead atoms. The molecular weight excluding hydrogens is 406 g/mol. The third-order valence-electron chi connectivity index (χ3n) is 6.19. The van der Waals surface area contributed by atoms with Crippen molar-refractivity contribution in [1.29, 1.82) is 0 Å². The zero-order valence-electron chi connectivity index (χ0n) is 18.5. The number of carbonyl (C=O) groups is 2. The number of ether oxygens (including phenoxy) is 2. The summed E-state index contributed by atoms with van der Waals surface area (Å²) in [4.78, 5) is 30.7. The Hall–Kier alpha value is -2.90. The summed E-state index contributed by atoms with van der Waals surface area (Å²) in [5.74, 6) is 0.660. The van der Waals surface area contributed by atoms with E-state index in [1.807, 2.05) is 53.4 Å². The van der Waals surface area contributed by atoms with Gasteiger partial charge in [0.05, 0.1) is 26.2 Å². The van der Waals surface area contributed by atoms with Crippen LogP contribution in [0, 0.1) is 5.92 Å². The number of likely N-dealkylation sites (tertiary alicyclic amines) is 1. The van der Waals surface area contributed by atoms with Gasteiger partial charge < -0.3 is 19.7 Å². The van der Waals surface area contributed by atoms with Gasteiger partial charge in [-0.15, -0.1) is 0 Å². The Morgan fingerprint density at radius 1 is 1.06 bits per heavy atom. The van der Waals surface area contributed by atoms with E-state index in [0.29, 0.717) is 44.3 Å². The molecule has 32 heavy (non-hydrogen) atoms. The molecule has 2 amide bonds. The van der Waals surface area contributed by atoms with Gasteiger partial charge in [0.2, 0.25) is 11.8 Å².